The van der Waals surface area contributed by atoms with E-state index in [1.165, 1.54) is 16.7 Å². The first-order chi connectivity index (χ1) is 7.06. The van der Waals surface area contributed by atoms with E-state index in [4.69, 9.17) is 10.4 Å². The second-order valence-electron chi connectivity index (χ2n) is 3.14. The number of anilines is 1. The van der Waals surface area contributed by atoms with Gasteiger partial charge in [-0.3, -0.25) is 0 Å². The Labute approximate surface area is 91.6 Å². The van der Waals surface area contributed by atoms with Crippen molar-refractivity contribution in [2.45, 2.75) is 19.4 Å². The Bertz CT molecular complexity index is 396. The van der Waals surface area contributed by atoms with E-state index in [-0.39, 0.29) is 11.7 Å². The predicted molar refractivity (Wildman–Crippen MR) is 57.2 cm³/mol. The van der Waals surface area contributed by atoms with Crippen LogP contribution in [-0.4, -0.2) is 29.1 Å². The number of thiazole rings is 1. The van der Waals surface area contributed by atoms with Crippen LogP contribution in [0, 0.1) is 11.3 Å². The molecular weight excluding hydrogens is 214 g/mol. The van der Waals surface area contributed by atoms with Crippen molar-refractivity contribution >= 4 is 22.4 Å². The lowest BCUT2D eigenvalue weighted by atomic mass is 10.2. The molecule has 0 spiro atoms. The van der Waals surface area contributed by atoms with Crippen LogP contribution in [0.2, 0.25) is 0 Å². The monoisotopic (exact) mass is 225 g/mol. The Balaban J connectivity index is 2.78. The third-order valence-corrected chi connectivity index (χ3v) is 2.99. The molecule has 0 saturated carbocycles. The number of hydrogen-bond donors (Lipinski definition) is 1. The Kier molecular flexibility index (Phi) is 3.63. The van der Waals surface area contributed by atoms with E-state index in [9.17, 15) is 4.79 Å². The van der Waals surface area contributed by atoms with Crippen molar-refractivity contribution in [3.05, 3.63) is 11.1 Å². The molecular formula is C9H11N3O2S. The van der Waals surface area contributed by atoms with Gasteiger partial charge in [-0.05, 0) is 6.92 Å². The summed E-state index contributed by atoms with van der Waals surface area (Å²) in [5.74, 6) is -1.03. The number of hydrogen-bond acceptors (Lipinski definition) is 5. The van der Waals surface area contributed by atoms with E-state index < -0.39 is 5.97 Å². The molecule has 0 aromatic carbocycles. The Hall–Kier alpha value is -1.61. The van der Waals surface area contributed by atoms with Crippen LogP contribution in [0.3, 0.4) is 0 Å². The Morgan fingerprint density at radius 3 is 3.00 bits per heavy atom. The summed E-state index contributed by atoms with van der Waals surface area (Å²) in [7, 11) is 1.80. The summed E-state index contributed by atoms with van der Waals surface area (Å²) in [4.78, 5) is 16.4. The van der Waals surface area contributed by atoms with Gasteiger partial charge in [0.05, 0.1) is 12.5 Å². The number of carbonyl (C=O) groups is 1. The zero-order chi connectivity index (χ0) is 11.4. The summed E-state index contributed by atoms with van der Waals surface area (Å²) in [5, 5.41) is 19.3. The second kappa shape index (κ2) is 4.75. The van der Waals surface area contributed by atoms with Crippen molar-refractivity contribution in [1.82, 2.24) is 4.98 Å². The molecule has 5 nitrogen and oxygen atoms in total. The number of carboxylic acids is 1. The van der Waals surface area contributed by atoms with Gasteiger partial charge in [0.15, 0.2) is 10.8 Å². The lowest BCUT2D eigenvalue weighted by Gasteiger charge is -2.21. The first-order valence-corrected chi connectivity index (χ1v) is 5.22. The van der Waals surface area contributed by atoms with Crippen molar-refractivity contribution in [1.29, 1.82) is 5.26 Å². The van der Waals surface area contributed by atoms with E-state index in [1.54, 1.807) is 11.9 Å². The van der Waals surface area contributed by atoms with Crippen LogP contribution in [0.25, 0.3) is 0 Å². The van der Waals surface area contributed by atoms with E-state index in [0.29, 0.717) is 11.6 Å². The van der Waals surface area contributed by atoms with Gasteiger partial charge in [0, 0.05) is 18.5 Å². The lowest BCUT2D eigenvalue weighted by Crippen LogP contribution is -2.28. The summed E-state index contributed by atoms with van der Waals surface area (Å²) in [6.45, 7) is 1.89. The average Bonchev–Trinajstić information content (AvgIpc) is 2.65. The van der Waals surface area contributed by atoms with Crippen LogP contribution in [-0.2, 0) is 0 Å². The summed E-state index contributed by atoms with van der Waals surface area (Å²) in [5.41, 5.74) is 0.0472. The maximum atomic E-state index is 10.6. The van der Waals surface area contributed by atoms with Gasteiger partial charge in [0.2, 0.25) is 0 Å². The maximum Gasteiger partial charge on any atom is 0.355 e. The highest BCUT2D eigenvalue weighted by molar-refractivity contribution is 7.13. The fraction of sp³-hybridized carbons (Fsp3) is 0.444. The molecule has 0 aliphatic carbocycles. The minimum atomic E-state index is -1.03. The van der Waals surface area contributed by atoms with Crippen LogP contribution in [0.5, 0.6) is 0 Å². The highest BCUT2D eigenvalue weighted by Gasteiger charge is 2.15. The first-order valence-electron chi connectivity index (χ1n) is 4.35. The summed E-state index contributed by atoms with van der Waals surface area (Å²) in [6, 6.07) is 2.10. The van der Waals surface area contributed by atoms with Gasteiger partial charge in [0.25, 0.3) is 0 Å². The average molecular weight is 225 g/mol. The fourth-order valence-corrected chi connectivity index (χ4v) is 1.85. The molecule has 1 rings (SSSR count). The van der Waals surface area contributed by atoms with E-state index >= 15 is 0 Å². The smallest absolute Gasteiger partial charge is 0.355 e. The van der Waals surface area contributed by atoms with Crippen LogP contribution >= 0.6 is 11.3 Å². The molecule has 0 aliphatic rings. The second-order valence-corrected chi connectivity index (χ2v) is 3.98. The number of aromatic carboxylic acids is 1. The molecule has 1 heterocycles. The first kappa shape index (κ1) is 11.5. The molecule has 80 valence electrons. The summed E-state index contributed by atoms with van der Waals surface area (Å²) >= 11 is 1.26. The molecule has 1 aromatic heterocycles. The highest BCUT2D eigenvalue weighted by atomic mass is 32.1. The number of nitriles is 1. The van der Waals surface area contributed by atoms with Crippen molar-refractivity contribution in [2.24, 2.45) is 0 Å². The highest BCUT2D eigenvalue weighted by Crippen LogP contribution is 2.21. The van der Waals surface area contributed by atoms with E-state index in [0.717, 1.165) is 0 Å². The largest absolute Gasteiger partial charge is 0.476 e. The molecule has 0 saturated heterocycles. The fourth-order valence-electron chi connectivity index (χ4n) is 0.982. The molecule has 1 aromatic rings. The van der Waals surface area contributed by atoms with Crippen LogP contribution in [0.15, 0.2) is 5.38 Å². The maximum absolute atomic E-state index is 10.6. The minimum Gasteiger partial charge on any atom is -0.476 e. The number of carboxylic acid groups (broad SMARTS) is 1. The molecule has 0 bridgehead atoms. The topological polar surface area (TPSA) is 77.2 Å². The Morgan fingerprint density at radius 1 is 1.87 bits per heavy atom. The minimum absolute atomic E-state index is 0.0304. The molecule has 1 atom stereocenters. The molecule has 6 heteroatoms. The molecule has 0 radical (unpaired) electrons. The van der Waals surface area contributed by atoms with Gasteiger partial charge < -0.3 is 10.0 Å². The SMILES string of the molecule is CC(CC#N)N(C)c1nc(C(=O)O)cs1. The van der Waals surface area contributed by atoms with Crippen LogP contribution in [0.1, 0.15) is 23.8 Å². The van der Waals surface area contributed by atoms with Crippen LogP contribution in [0.4, 0.5) is 5.13 Å². The zero-order valence-corrected chi connectivity index (χ0v) is 9.28. The molecule has 1 N–H and O–H groups in total. The third-order valence-electron chi connectivity index (χ3n) is 2.06. The van der Waals surface area contributed by atoms with Crippen molar-refractivity contribution in [3.63, 3.8) is 0 Å². The summed E-state index contributed by atoms with van der Waals surface area (Å²) in [6.07, 6.45) is 0.387. The number of aromatic nitrogens is 1. The number of nitrogens with zero attached hydrogens (tertiary/aromatic N) is 3. The van der Waals surface area contributed by atoms with E-state index in [1.807, 2.05) is 6.92 Å². The van der Waals surface area contributed by atoms with Gasteiger partial charge in [-0.25, -0.2) is 9.78 Å². The van der Waals surface area contributed by atoms with E-state index in [2.05, 4.69) is 11.1 Å². The normalized spacial score (nSPS) is 11.8. The van der Waals surface area contributed by atoms with Gasteiger partial charge in [-0.15, -0.1) is 11.3 Å². The van der Waals surface area contributed by atoms with Crippen LogP contribution < -0.4 is 4.90 Å². The number of rotatable bonds is 4. The molecule has 1 unspecified atom stereocenters. The zero-order valence-electron chi connectivity index (χ0n) is 8.47. The molecule has 15 heavy (non-hydrogen) atoms. The lowest BCUT2D eigenvalue weighted by molar-refractivity contribution is 0.0691. The third kappa shape index (κ3) is 2.67. The summed E-state index contributed by atoms with van der Waals surface area (Å²) < 4.78 is 0. The van der Waals surface area contributed by atoms with Gasteiger partial charge in [-0.1, -0.05) is 0 Å². The quantitative estimate of drug-likeness (QED) is 0.841. The van der Waals surface area contributed by atoms with Crippen molar-refractivity contribution in [3.8, 4) is 6.07 Å². The Morgan fingerprint density at radius 2 is 2.53 bits per heavy atom. The van der Waals surface area contributed by atoms with Gasteiger partial charge >= 0.3 is 5.97 Å². The van der Waals surface area contributed by atoms with Crippen molar-refractivity contribution in [2.75, 3.05) is 11.9 Å². The molecule has 0 fully saturated rings. The molecule has 0 amide bonds. The predicted octanol–water partition coefficient (Wildman–Crippen LogP) is 1.58. The van der Waals surface area contributed by atoms with Gasteiger partial charge in [0.1, 0.15) is 0 Å². The van der Waals surface area contributed by atoms with Gasteiger partial charge in [-0.2, -0.15) is 5.26 Å². The molecule has 0 aliphatic heterocycles. The van der Waals surface area contributed by atoms with Crippen molar-refractivity contribution < 1.29 is 9.90 Å². The standard InChI is InChI=1S/C9H11N3O2S/c1-6(3-4-10)12(2)9-11-7(5-15-9)8(13)14/h5-6H,3H2,1-2H3,(H,13,14).